The van der Waals surface area contributed by atoms with Crippen molar-refractivity contribution in [2.75, 3.05) is 13.2 Å². The van der Waals surface area contributed by atoms with Crippen molar-refractivity contribution in [3.8, 4) is 22.6 Å². The predicted octanol–water partition coefficient (Wildman–Crippen LogP) is 3.69. The van der Waals surface area contributed by atoms with Crippen LogP contribution in [0.1, 0.15) is 40.0 Å². The molecule has 8 heteroatoms. The van der Waals surface area contributed by atoms with Crippen LogP contribution in [0.4, 0.5) is 0 Å². The third kappa shape index (κ3) is 5.17. The largest absolute Gasteiger partial charge is 0.376 e. The lowest BCUT2D eigenvalue weighted by molar-refractivity contribution is 0.0853. The molecule has 0 bridgehead atoms. The third-order valence-corrected chi connectivity index (χ3v) is 6.44. The van der Waals surface area contributed by atoms with Crippen LogP contribution in [0.25, 0.3) is 22.6 Å². The van der Waals surface area contributed by atoms with Crippen LogP contribution in [0.5, 0.6) is 0 Å². The first-order valence-electron chi connectivity index (χ1n) is 12.0. The summed E-state index contributed by atoms with van der Waals surface area (Å²) >= 11 is 0. The second kappa shape index (κ2) is 9.84. The first-order valence-corrected chi connectivity index (χ1v) is 12.0. The molecule has 3 aromatic heterocycles. The van der Waals surface area contributed by atoms with Gasteiger partial charge in [-0.1, -0.05) is 24.3 Å². The van der Waals surface area contributed by atoms with Crippen molar-refractivity contribution in [1.82, 2.24) is 29.9 Å². The molecule has 0 saturated carbocycles. The topological polar surface area (TPSA) is 86.9 Å². The Kier molecular flexibility index (Phi) is 6.46. The number of ether oxygens (including phenoxy) is 1. The first-order chi connectivity index (χ1) is 17.0. The summed E-state index contributed by atoms with van der Waals surface area (Å²) in [6.45, 7) is 3.30. The summed E-state index contributed by atoms with van der Waals surface area (Å²) in [6.07, 6.45) is 6.60. The number of nitrogens with one attached hydrogen (secondary N) is 1. The van der Waals surface area contributed by atoms with Crippen LogP contribution in [-0.4, -0.2) is 49.7 Å². The van der Waals surface area contributed by atoms with E-state index in [-0.39, 0.29) is 12.0 Å². The summed E-state index contributed by atoms with van der Waals surface area (Å²) in [5, 5.41) is 12.0. The summed E-state index contributed by atoms with van der Waals surface area (Å²) < 4.78 is 9.19. The molecule has 35 heavy (non-hydrogen) atoms. The van der Waals surface area contributed by atoms with Crippen molar-refractivity contribution < 1.29 is 9.53 Å². The first kappa shape index (κ1) is 23.0. The number of nitrogens with zero attached hydrogens (tertiary/aromatic N) is 5. The quantitative estimate of drug-likeness (QED) is 0.445. The molecule has 0 radical (unpaired) electrons. The van der Waals surface area contributed by atoms with Gasteiger partial charge in [0, 0.05) is 45.2 Å². The van der Waals surface area contributed by atoms with E-state index in [0.29, 0.717) is 18.7 Å². The average molecular weight is 471 g/mol. The van der Waals surface area contributed by atoms with Crippen molar-refractivity contribution >= 4 is 5.91 Å². The van der Waals surface area contributed by atoms with Gasteiger partial charge in [-0.25, -0.2) is 4.98 Å². The molecule has 1 atom stereocenters. The van der Waals surface area contributed by atoms with E-state index in [2.05, 4.69) is 39.8 Å². The van der Waals surface area contributed by atoms with Gasteiger partial charge >= 0.3 is 0 Å². The number of carbonyl (C=O) groups is 1. The SMILES string of the molecule is Cc1c(Cc2ccc(-c3ccn(C)n3)cc2)cc(C(=O)NC[C@@H]2CCCO2)nc1-c1ccn(C)n1. The Labute approximate surface area is 205 Å². The van der Waals surface area contributed by atoms with E-state index in [1.807, 2.05) is 51.6 Å². The molecule has 1 aliphatic heterocycles. The molecular weight excluding hydrogens is 440 g/mol. The highest BCUT2D eigenvalue weighted by atomic mass is 16.5. The molecule has 0 unspecified atom stereocenters. The molecule has 1 aromatic carbocycles. The second-order valence-electron chi connectivity index (χ2n) is 9.11. The van der Waals surface area contributed by atoms with Crippen LogP contribution in [0, 0.1) is 6.92 Å². The fourth-order valence-corrected chi connectivity index (χ4v) is 4.44. The maximum Gasteiger partial charge on any atom is 0.270 e. The van der Waals surface area contributed by atoms with Crippen LogP contribution in [0.15, 0.2) is 54.9 Å². The number of aryl methyl sites for hydroxylation is 2. The molecule has 0 aliphatic carbocycles. The number of hydrogen-bond donors (Lipinski definition) is 1. The Morgan fingerprint density at radius 3 is 2.40 bits per heavy atom. The second-order valence-corrected chi connectivity index (χ2v) is 9.11. The van der Waals surface area contributed by atoms with Crippen LogP contribution >= 0.6 is 0 Å². The fourth-order valence-electron chi connectivity index (χ4n) is 4.44. The van der Waals surface area contributed by atoms with E-state index < -0.39 is 0 Å². The normalized spacial score (nSPS) is 15.5. The highest BCUT2D eigenvalue weighted by molar-refractivity contribution is 5.93. The van der Waals surface area contributed by atoms with Crippen molar-refractivity contribution in [3.63, 3.8) is 0 Å². The number of benzene rings is 1. The number of aromatic nitrogens is 5. The van der Waals surface area contributed by atoms with Gasteiger partial charge in [-0.3, -0.25) is 14.2 Å². The summed E-state index contributed by atoms with van der Waals surface area (Å²) in [5.74, 6) is -0.190. The van der Waals surface area contributed by atoms with Gasteiger partial charge in [-0.05, 0) is 61.1 Å². The molecule has 1 N–H and O–H groups in total. The molecule has 1 amide bonds. The zero-order valence-electron chi connectivity index (χ0n) is 20.4. The van der Waals surface area contributed by atoms with Crippen molar-refractivity contribution in [2.45, 2.75) is 32.3 Å². The van der Waals surface area contributed by atoms with Gasteiger partial charge < -0.3 is 10.1 Å². The molecule has 8 nitrogen and oxygen atoms in total. The molecule has 5 rings (SSSR count). The van der Waals surface area contributed by atoms with Crippen LogP contribution < -0.4 is 5.32 Å². The summed E-state index contributed by atoms with van der Waals surface area (Å²) in [7, 11) is 3.79. The van der Waals surface area contributed by atoms with Crippen LogP contribution in [0.3, 0.4) is 0 Å². The lowest BCUT2D eigenvalue weighted by Gasteiger charge is -2.14. The van der Waals surface area contributed by atoms with E-state index in [9.17, 15) is 4.79 Å². The lowest BCUT2D eigenvalue weighted by atomic mass is 9.97. The van der Waals surface area contributed by atoms with Crippen molar-refractivity contribution in [1.29, 1.82) is 0 Å². The number of pyridine rings is 1. The highest BCUT2D eigenvalue weighted by Gasteiger charge is 2.20. The number of rotatable bonds is 7. The lowest BCUT2D eigenvalue weighted by Crippen LogP contribution is -2.32. The Hall–Kier alpha value is -3.78. The molecule has 1 fully saturated rings. The average Bonchev–Trinajstić information content (AvgIpc) is 3.62. The Bertz CT molecular complexity index is 1330. The van der Waals surface area contributed by atoms with Gasteiger partial charge in [0.1, 0.15) is 11.4 Å². The van der Waals surface area contributed by atoms with Gasteiger partial charge in [0.05, 0.1) is 17.5 Å². The van der Waals surface area contributed by atoms with E-state index in [0.717, 1.165) is 58.8 Å². The van der Waals surface area contributed by atoms with Gasteiger partial charge in [-0.15, -0.1) is 0 Å². The van der Waals surface area contributed by atoms with Crippen molar-refractivity contribution in [2.24, 2.45) is 14.1 Å². The van der Waals surface area contributed by atoms with Gasteiger partial charge in [0.2, 0.25) is 0 Å². The minimum atomic E-state index is -0.190. The summed E-state index contributed by atoms with van der Waals surface area (Å²) in [5.41, 5.74) is 7.12. The molecule has 4 heterocycles. The van der Waals surface area contributed by atoms with Crippen LogP contribution in [-0.2, 0) is 25.3 Å². The zero-order valence-corrected chi connectivity index (χ0v) is 20.4. The monoisotopic (exact) mass is 470 g/mol. The molecule has 1 saturated heterocycles. The van der Waals surface area contributed by atoms with E-state index in [1.54, 1.807) is 9.36 Å². The summed E-state index contributed by atoms with van der Waals surface area (Å²) in [6, 6.07) is 14.2. The van der Waals surface area contributed by atoms with Gasteiger partial charge in [0.25, 0.3) is 5.91 Å². The molecular formula is C27H30N6O2. The molecule has 180 valence electrons. The van der Waals surface area contributed by atoms with Crippen molar-refractivity contribution in [3.05, 3.63) is 77.2 Å². The Balaban J connectivity index is 1.43. The third-order valence-electron chi connectivity index (χ3n) is 6.44. The summed E-state index contributed by atoms with van der Waals surface area (Å²) in [4.78, 5) is 17.8. The van der Waals surface area contributed by atoms with Gasteiger partial charge in [0.15, 0.2) is 0 Å². The highest BCUT2D eigenvalue weighted by Crippen LogP contribution is 2.26. The fraction of sp³-hybridized carbons (Fsp3) is 0.333. The maximum atomic E-state index is 13.0. The van der Waals surface area contributed by atoms with Gasteiger partial charge in [-0.2, -0.15) is 10.2 Å². The Morgan fingerprint density at radius 2 is 1.77 bits per heavy atom. The predicted molar refractivity (Wildman–Crippen MR) is 134 cm³/mol. The van der Waals surface area contributed by atoms with E-state index in [4.69, 9.17) is 9.72 Å². The maximum absolute atomic E-state index is 13.0. The zero-order chi connectivity index (χ0) is 24.4. The van der Waals surface area contributed by atoms with E-state index in [1.165, 1.54) is 0 Å². The standard InChI is InChI=1S/C27H30N6O2/c1-18-21(15-19-6-8-20(9-7-19)23-10-12-32(2)30-23)16-25(27(34)28-17-22-5-4-14-35-22)29-26(18)24-11-13-33(3)31-24/h6-13,16,22H,4-5,14-15,17H2,1-3H3,(H,28,34)/t22-/m0/s1. The number of carbonyl (C=O) groups excluding carboxylic acids is 1. The minimum absolute atomic E-state index is 0.0803. The minimum Gasteiger partial charge on any atom is -0.376 e. The molecule has 1 aliphatic rings. The van der Waals surface area contributed by atoms with Crippen LogP contribution in [0.2, 0.25) is 0 Å². The molecule has 0 spiro atoms. The van der Waals surface area contributed by atoms with E-state index >= 15 is 0 Å². The smallest absolute Gasteiger partial charge is 0.270 e. The molecule has 4 aromatic rings. The number of amides is 1. The number of hydrogen-bond acceptors (Lipinski definition) is 5. The Morgan fingerprint density at radius 1 is 1.06 bits per heavy atom.